The number of hydrogen-bond donors (Lipinski definition) is 2. The second kappa shape index (κ2) is 5.29. The number of rotatable bonds is 1. The van der Waals surface area contributed by atoms with Crippen LogP contribution in [0.1, 0.15) is 18.4 Å². The first-order valence-electron chi connectivity index (χ1n) is 6.10. The average molecular weight is 280 g/mol. The van der Waals surface area contributed by atoms with E-state index in [9.17, 15) is 8.42 Å². The third-order valence-corrected chi connectivity index (χ3v) is 4.22. The van der Waals surface area contributed by atoms with Crippen molar-refractivity contribution >= 4 is 10.1 Å². The molecule has 0 unspecified atom stereocenters. The Hall–Kier alpha value is -1.42. The third kappa shape index (κ3) is 3.77. The van der Waals surface area contributed by atoms with E-state index in [2.05, 4.69) is 11.4 Å². The lowest BCUT2D eigenvalue weighted by Crippen LogP contribution is -2.23. The second-order valence-corrected chi connectivity index (χ2v) is 6.40. The zero-order chi connectivity index (χ0) is 14.0. The minimum Gasteiger partial charge on any atom is -0.299 e. The quantitative estimate of drug-likeness (QED) is 0.761. The maximum absolute atomic E-state index is 10.5. The molecule has 2 N–H and O–H groups in total. The van der Waals surface area contributed by atoms with Crippen molar-refractivity contribution < 1.29 is 13.0 Å². The van der Waals surface area contributed by atoms with E-state index in [-0.39, 0.29) is 10.9 Å². The molecule has 1 aliphatic heterocycles. The maximum atomic E-state index is 10.5. The van der Waals surface area contributed by atoms with Crippen LogP contribution in [0.25, 0.3) is 0 Å². The molecule has 6 heteroatoms. The molecular formula is C13H16N2O3S. The number of nitrogens with one attached hydrogen (secondary N) is 1. The van der Waals surface area contributed by atoms with Crippen molar-refractivity contribution in [2.24, 2.45) is 5.92 Å². The van der Waals surface area contributed by atoms with Gasteiger partial charge in [0.25, 0.3) is 10.1 Å². The van der Waals surface area contributed by atoms with Crippen LogP contribution in [-0.2, 0) is 10.1 Å². The van der Waals surface area contributed by atoms with Crippen molar-refractivity contribution in [1.29, 1.82) is 5.26 Å². The molecule has 0 bridgehead atoms. The second-order valence-electron chi connectivity index (χ2n) is 4.97. The van der Waals surface area contributed by atoms with Gasteiger partial charge in [0.1, 0.15) is 0 Å². The van der Waals surface area contributed by atoms with Crippen LogP contribution in [0.4, 0.5) is 0 Å². The van der Waals surface area contributed by atoms with Crippen molar-refractivity contribution in [2.75, 3.05) is 0 Å². The summed E-state index contributed by atoms with van der Waals surface area (Å²) in [5.74, 6) is 0.861. The van der Waals surface area contributed by atoms with E-state index in [1.807, 2.05) is 6.92 Å². The van der Waals surface area contributed by atoms with E-state index < -0.39 is 10.1 Å². The van der Waals surface area contributed by atoms with Gasteiger partial charge in [-0.15, -0.1) is 0 Å². The molecule has 19 heavy (non-hydrogen) atoms. The Morgan fingerprint density at radius 1 is 1.32 bits per heavy atom. The van der Waals surface area contributed by atoms with Crippen molar-refractivity contribution in [1.82, 2.24) is 5.32 Å². The van der Waals surface area contributed by atoms with Gasteiger partial charge in [0, 0.05) is 6.04 Å². The van der Waals surface area contributed by atoms with Gasteiger partial charge in [-0.1, -0.05) is 17.7 Å². The first-order chi connectivity index (χ1) is 8.90. The molecule has 0 amide bonds. The minimum atomic E-state index is -4.02. The Labute approximate surface area is 113 Å². The molecule has 102 valence electrons. The molecule has 5 nitrogen and oxygen atoms in total. The van der Waals surface area contributed by atoms with Gasteiger partial charge >= 0.3 is 0 Å². The van der Waals surface area contributed by atoms with E-state index in [1.165, 1.54) is 18.6 Å². The standard InChI is InChI=1S/C7H8O3S.C6H8N2/c1-6-2-4-7(5-3-6)11(8,9)10;7-3-5-1-4-2-6(4)8-5/h2-5H,1H3,(H,8,9,10);4-6,8H,1-2H2/t;4-,5+,6+/m.1/s1/i;6+0. The summed E-state index contributed by atoms with van der Waals surface area (Å²) < 4.78 is 29.6. The Bertz CT molecular complexity index is 579. The third-order valence-electron chi connectivity index (χ3n) is 3.35. The summed E-state index contributed by atoms with van der Waals surface area (Å²) in [6.07, 6.45) is 2.42. The summed E-state index contributed by atoms with van der Waals surface area (Å²) in [5, 5.41) is 11.6. The zero-order valence-electron chi connectivity index (χ0n) is 10.6. The fraction of sp³-hybridized carbons (Fsp3) is 0.462. The summed E-state index contributed by atoms with van der Waals surface area (Å²) in [7, 11) is -4.02. The molecule has 0 aromatic heterocycles. The summed E-state index contributed by atoms with van der Waals surface area (Å²) in [6, 6.07) is 9.10. The van der Waals surface area contributed by atoms with E-state index in [1.54, 1.807) is 12.1 Å². The van der Waals surface area contributed by atoms with Crippen LogP contribution in [0, 0.1) is 24.2 Å². The first kappa shape index (κ1) is 14.0. The Morgan fingerprint density at radius 2 is 1.95 bits per heavy atom. The van der Waals surface area contributed by atoms with Gasteiger partial charge in [0.2, 0.25) is 0 Å². The van der Waals surface area contributed by atoms with Crippen LogP contribution < -0.4 is 5.32 Å². The summed E-state index contributed by atoms with van der Waals surface area (Å²) >= 11 is 0. The molecular weight excluding hydrogens is 264 g/mol. The van der Waals surface area contributed by atoms with Crippen LogP contribution in [-0.4, -0.2) is 25.1 Å². The van der Waals surface area contributed by atoms with Crippen molar-refractivity contribution in [3.05, 3.63) is 29.8 Å². The smallest absolute Gasteiger partial charge is 0.294 e. The van der Waals surface area contributed by atoms with E-state index in [4.69, 9.17) is 9.81 Å². The van der Waals surface area contributed by atoms with Gasteiger partial charge in [-0.05, 0) is 37.8 Å². The monoisotopic (exact) mass is 280 g/mol. The highest BCUT2D eigenvalue weighted by Gasteiger charge is 2.45. The highest BCUT2D eigenvalue weighted by Crippen LogP contribution is 2.40. The minimum absolute atomic E-state index is 0.0666. The fourth-order valence-electron chi connectivity index (χ4n) is 2.14. The van der Waals surface area contributed by atoms with Gasteiger partial charge < -0.3 is 0 Å². The predicted octanol–water partition coefficient (Wildman–Crippen LogP) is 1.50. The zero-order valence-corrected chi connectivity index (χ0v) is 11.4. The van der Waals surface area contributed by atoms with Gasteiger partial charge in [-0.2, -0.15) is 13.7 Å². The molecule has 1 aromatic carbocycles. The molecule has 0 spiro atoms. The molecule has 0 radical (unpaired) electrons. The number of aryl methyl sites for hydroxylation is 1. The Morgan fingerprint density at radius 3 is 2.32 bits per heavy atom. The summed E-state index contributed by atoms with van der Waals surface area (Å²) in [4.78, 5) is -0.0666. The molecule has 1 heterocycles. The molecule has 1 aromatic rings. The topological polar surface area (TPSA) is 90.2 Å². The molecule has 2 aliphatic rings. The average Bonchev–Trinajstić information content (AvgIpc) is 2.96. The number of hydrogen-bond acceptors (Lipinski definition) is 4. The largest absolute Gasteiger partial charge is 0.299 e. The maximum Gasteiger partial charge on any atom is 0.294 e. The van der Waals surface area contributed by atoms with Crippen LogP contribution in [0.2, 0.25) is 0 Å². The lowest BCUT2D eigenvalue weighted by molar-refractivity contribution is 0.483. The molecule has 1 aliphatic carbocycles. The molecule has 1 saturated heterocycles. The van der Waals surface area contributed by atoms with E-state index in [0.29, 0.717) is 0 Å². The highest BCUT2D eigenvalue weighted by molar-refractivity contribution is 7.85. The number of benzene rings is 1. The molecule has 3 rings (SSSR count). The van der Waals surface area contributed by atoms with Crippen LogP contribution in [0.3, 0.4) is 0 Å². The highest BCUT2D eigenvalue weighted by atomic mass is 32.2. The van der Waals surface area contributed by atoms with Crippen LogP contribution in [0.15, 0.2) is 29.2 Å². The predicted molar refractivity (Wildman–Crippen MR) is 70.0 cm³/mol. The lowest BCUT2D eigenvalue weighted by atomic mass is 10.2. The van der Waals surface area contributed by atoms with Crippen LogP contribution in [0.5, 0.6) is 0 Å². The van der Waals surface area contributed by atoms with E-state index >= 15 is 0 Å². The summed E-state index contributed by atoms with van der Waals surface area (Å²) in [6.45, 7) is 1.84. The number of fused-ring (bicyclic) bond motifs is 1. The number of nitriles is 1. The Balaban J connectivity index is 0.000000146. The van der Waals surface area contributed by atoms with Crippen LogP contribution >= 0.6 is 0 Å². The lowest BCUT2D eigenvalue weighted by Gasteiger charge is -1.98. The van der Waals surface area contributed by atoms with Gasteiger partial charge in [-0.3, -0.25) is 9.87 Å². The van der Waals surface area contributed by atoms with Crippen molar-refractivity contribution in [2.45, 2.75) is 36.7 Å². The number of nitrogens with zero attached hydrogens (tertiary/aromatic N) is 1. The molecule has 1 saturated carbocycles. The molecule has 2 fully saturated rings. The van der Waals surface area contributed by atoms with E-state index in [0.717, 1.165) is 23.9 Å². The SMILES string of the molecule is Cc1ccc(S(=O)(=O)O)cc1.N#C[C@@H]1C[C@@H]2C[12C@@H]2N1. The fourth-order valence-corrected chi connectivity index (χ4v) is 2.62. The van der Waals surface area contributed by atoms with Gasteiger partial charge in [0.15, 0.2) is 0 Å². The summed E-state index contributed by atoms with van der Waals surface area (Å²) in [5.41, 5.74) is 0.956. The first-order valence-corrected chi connectivity index (χ1v) is 7.54. The van der Waals surface area contributed by atoms with Crippen molar-refractivity contribution in [3.8, 4) is 6.07 Å². The Kier molecular flexibility index (Phi) is 3.90. The number of piperidine rings is 1. The molecule has 3 atom stereocenters. The normalized spacial score (nSPS) is 27.7. The van der Waals surface area contributed by atoms with Gasteiger partial charge in [0.05, 0.1) is 17.0 Å². The van der Waals surface area contributed by atoms with Gasteiger partial charge in [-0.25, -0.2) is 0 Å². The van der Waals surface area contributed by atoms with Crippen molar-refractivity contribution in [3.63, 3.8) is 0 Å².